The van der Waals surface area contributed by atoms with E-state index in [2.05, 4.69) is 45.0 Å². The molecule has 0 bridgehead atoms. The fraction of sp³-hybridized carbons (Fsp3) is 0.700. The number of fused-ring (bicyclic) bond motifs is 1. The van der Waals surface area contributed by atoms with Gasteiger partial charge in [0.1, 0.15) is 0 Å². The molecule has 0 saturated carbocycles. The summed E-state index contributed by atoms with van der Waals surface area (Å²) in [5.41, 5.74) is 2.51. The highest BCUT2D eigenvalue weighted by Gasteiger charge is 2.51. The van der Waals surface area contributed by atoms with Gasteiger partial charge in [-0.3, -0.25) is 4.90 Å². The second-order valence-electron chi connectivity index (χ2n) is 8.45. The van der Waals surface area contributed by atoms with Crippen LogP contribution >= 0.6 is 0 Å². The predicted molar refractivity (Wildman–Crippen MR) is 96.3 cm³/mol. The minimum atomic E-state index is -0.907. The summed E-state index contributed by atoms with van der Waals surface area (Å²) < 4.78 is 5.84. The van der Waals surface area contributed by atoms with Gasteiger partial charge in [-0.1, -0.05) is 45.0 Å². The van der Waals surface area contributed by atoms with E-state index in [1.165, 1.54) is 5.56 Å². The molecule has 5 nitrogen and oxygen atoms in total. The van der Waals surface area contributed by atoms with Crippen LogP contribution in [0.3, 0.4) is 0 Å². The highest BCUT2D eigenvalue weighted by atomic mass is 16.5. The Morgan fingerprint density at radius 1 is 1.08 bits per heavy atom. The van der Waals surface area contributed by atoms with Gasteiger partial charge in [0.15, 0.2) is 0 Å². The standard InChI is InChI=1S/C20H31NO4/c1-20(2,3)14-8-6-13(7-9-14)11-25-12-15-18(23)19(24)17-16(22)5-4-10-21(15)17/h6-9,15-19,22-24H,4-5,10-12H2,1-3H3/t15-,16+,17+,18+,19-/m0/s1. The lowest BCUT2D eigenvalue weighted by Crippen LogP contribution is -2.51. The molecule has 1 aromatic rings. The van der Waals surface area contributed by atoms with Crippen molar-refractivity contribution in [3.8, 4) is 0 Å². The number of nitrogens with zero attached hydrogens (tertiary/aromatic N) is 1. The van der Waals surface area contributed by atoms with E-state index in [0.717, 1.165) is 18.5 Å². The van der Waals surface area contributed by atoms with Gasteiger partial charge in [0, 0.05) is 0 Å². The van der Waals surface area contributed by atoms with Crippen LogP contribution in [0.2, 0.25) is 0 Å². The van der Waals surface area contributed by atoms with Crippen LogP contribution in [0.4, 0.5) is 0 Å². The van der Waals surface area contributed by atoms with Crippen molar-refractivity contribution in [1.29, 1.82) is 0 Å². The fourth-order valence-electron chi connectivity index (χ4n) is 4.05. The summed E-state index contributed by atoms with van der Waals surface area (Å²) in [6.07, 6.45) is -0.801. The third kappa shape index (κ3) is 3.91. The fourth-order valence-corrected chi connectivity index (χ4v) is 4.05. The van der Waals surface area contributed by atoms with Crippen LogP contribution < -0.4 is 0 Å². The highest BCUT2D eigenvalue weighted by Crippen LogP contribution is 2.33. The maximum absolute atomic E-state index is 10.3. The van der Waals surface area contributed by atoms with E-state index in [1.54, 1.807) is 0 Å². The van der Waals surface area contributed by atoms with Gasteiger partial charge in [0.25, 0.3) is 0 Å². The van der Waals surface area contributed by atoms with Gasteiger partial charge in [-0.25, -0.2) is 0 Å². The zero-order valence-electron chi connectivity index (χ0n) is 15.4. The number of hydrogen-bond acceptors (Lipinski definition) is 5. The average Bonchev–Trinajstić information content (AvgIpc) is 2.80. The van der Waals surface area contributed by atoms with Gasteiger partial charge in [-0.2, -0.15) is 0 Å². The van der Waals surface area contributed by atoms with E-state index in [4.69, 9.17) is 4.74 Å². The molecule has 5 heteroatoms. The molecule has 2 aliphatic heterocycles. The second kappa shape index (κ2) is 7.33. The molecule has 0 aromatic heterocycles. The van der Waals surface area contributed by atoms with Gasteiger partial charge < -0.3 is 20.1 Å². The van der Waals surface area contributed by atoms with Crippen LogP contribution in [0, 0.1) is 0 Å². The lowest BCUT2D eigenvalue weighted by molar-refractivity contribution is -0.0322. The van der Waals surface area contributed by atoms with Crippen LogP contribution in [-0.4, -0.2) is 63.8 Å². The Morgan fingerprint density at radius 2 is 1.76 bits per heavy atom. The molecule has 0 unspecified atom stereocenters. The second-order valence-corrected chi connectivity index (χ2v) is 8.45. The van der Waals surface area contributed by atoms with E-state index in [1.807, 2.05) is 4.90 Å². The van der Waals surface area contributed by atoms with E-state index in [-0.39, 0.29) is 17.5 Å². The van der Waals surface area contributed by atoms with Crippen molar-refractivity contribution in [2.24, 2.45) is 0 Å². The number of hydrogen-bond donors (Lipinski definition) is 3. The Balaban J connectivity index is 1.56. The third-order valence-electron chi connectivity index (χ3n) is 5.59. The van der Waals surface area contributed by atoms with Crippen LogP contribution in [0.15, 0.2) is 24.3 Å². The summed E-state index contributed by atoms with van der Waals surface area (Å²) in [6, 6.07) is 7.78. The molecular weight excluding hydrogens is 318 g/mol. The van der Waals surface area contributed by atoms with Crippen LogP contribution in [0.1, 0.15) is 44.7 Å². The minimum absolute atomic E-state index is 0.133. The molecular formula is C20H31NO4. The lowest BCUT2D eigenvalue weighted by atomic mass is 9.87. The number of piperidine rings is 1. The average molecular weight is 349 g/mol. The number of ether oxygens (including phenoxy) is 1. The van der Waals surface area contributed by atoms with Gasteiger partial charge in [-0.15, -0.1) is 0 Å². The lowest BCUT2D eigenvalue weighted by Gasteiger charge is -2.37. The molecule has 0 amide bonds. The molecule has 2 fully saturated rings. The summed E-state index contributed by atoms with van der Waals surface area (Å²) in [5.74, 6) is 0. The Kier molecular flexibility index (Phi) is 5.51. The summed E-state index contributed by atoms with van der Waals surface area (Å²) in [5, 5.41) is 30.7. The molecule has 2 aliphatic rings. The van der Waals surface area contributed by atoms with Crippen molar-refractivity contribution in [3.05, 3.63) is 35.4 Å². The quantitative estimate of drug-likeness (QED) is 0.767. The smallest absolute Gasteiger partial charge is 0.0995 e. The number of aliphatic hydroxyl groups is 3. The molecule has 25 heavy (non-hydrogen) atoms. The van der Waals surface area contributed by atoms with Crippen molar-refractivity contribution >= 4 is 0 Å². The molecule has 140 valence electrons. The van der Waals surface area contributed by atoms with Crippen molar-refractivity contribution in [2.45, 2.75) is 76.0 Å². The molecule has 5 atom stereocenters. The van der Waals surface area contributed by atoms with Gasteiger partial charge in [-0.05, 0) is 35.9 Å². The number of benzene rings is 1. The first-order valence-electron chi connectivity index (χ1n) is 9.26. The predicted octanol–water partition coefficient (Wildman–Crippen LogP) is 1.43. The first-order chi connectivity index (χ1) is 11.8. The van der Waals surface area contributed by atoms with Gasteiger partial charge in [0.2, 0.25) is 0 Å². The summed E-state index contributed by atoms with van der Waals surface area (Å²) >= 11 is 0. The molecule has 0 radical (unpaired) electrons. The maximum Gasteiger partial charge on any atom is 0.0995 e. The first-order valence-corrected chi connectivity index (χ1v) is 9.26. The van der Waals surface area contributed by atoms with Crippen molar-refractivity contribution in [3.63, 3.8) is 0 Å². The van der Waals surface area contributed by atoms with Crippen LogP contribution in [0.5, 0.6) is 0 Å². The molecule has 3 rings (SSSR count). The molecule has 0 spiro atoms. The monoisotopic (exact) mass is 349 g/mol. The topological polar surface area (TPSA) is 73.2 Å². The van der Waals surface area contributed by atoms with Crippen LogP contribution in [0.25, 0.3) is 0 Å². The van der Waals surface area contributed by atoms with E-state index >= 15 is 0 Å². The largest absolute Gasteiger partial charge is 0.391 e. The Labute approximate surface area is 150 Å². The Bertz CT molecular complexity index is 568. The minimum Gasteiger partial charge on any atom is -0.391 e. The van der Waals surface area contributed by atoms with E-state index in [9.17, 15) is 15.3 Å². The van der Waals surface area contributed by atoms with Gasteiger partial charge >= 0.3 is 0 Å². The number of aliphatic hydroxyl groups excluding tert-OH is 3. The van der Waals surface area contributed by atoms with E-state index < -0.39 is 18.3 Å². The number of rotatable bonds is 4. The normalized spacial score (nSPS) is 33.4. The maximum atomic E-state index is 10.3. The highest BCUT2D eigenvalue weighted by molar-refractivity contribution is 5.27. The van der Waals surface area contributed by atoms with Crippen molar-refractivity contribution in [2.75, 3.05) is 13.2 Å². The Hall–Kier alpha value is -0.980. The zero-order valence-corrected chi connectivity index (χ0v) is 15.4. The molecule has 2 heterocycles. The van der Waals surface area contributed by atoms with Crippen LogP contribution in [-0.2, 0) is 16.8 Å². The van der Waals surface area contributed by atoms with Gasteiger partial charge in [0.05, 0.1) is 43.6 Å². The summed E-state index contributed by atoms with van der Waals surface area (Å²) in [6.45, 7) is 8.18. The van der Waals surface area contributed by atoms with E-state index in [0.29, 0.717) is 19.6 Å². The van der Waals surface area contributed by atoms with Crippen molar-refractivity contribution < 1.29 is 20.1 Å². The zero-order chi connectivity index (χ0) is 18.2. The summed E-state index contributed by atoms with van der Waals surface area (Å²) in [4.78, 5) is 2.02. The third-order valence-corrected chi connectivity index (χ3v) is 5.59. The first kappa shape index (κ1) is 18.8. The van der Waals surface area contributed by atoms with Crippen molar-refractivity contribution in [1.82, 2.24) is 4.90 Å². The summed E-state index contributed by atoms with van der Waals surface area (Å²) in [7, 11) is 0. The molecule has 0 aliphatic carbocycles. The molecule has 1 aromatic carbocycles. The SMILES string of the molecule is CC(C)(C)c1ccc(COC[C@H]2[C@@H](O)[C@@H](O)[C@H]3[C@H](O)CCCN32)cc1. The molecule has 3 N–H and O–H groups in total. The Morgan fingerprint density at radius 3 is 2.40 bits per heavy atom. The molecule has 2 saturated heterocycles.